The van der Waals surface area contributed by atoms with Gasteiger partial charge >= 0.3 is 5.69 Å². The molecule has 172 valence electrons. The largest absolute Gasteiger partial charge is 0.353 e. The second-order valence-corrected chi connectivity index (χ2v) is 8.33. The average molecular weight is 447 g/mol. The predicted molar refractivity (Wildman–Crippen MR) is 131 cm³/mol. The van der Waals surface area contributed by atoms with Crippen LogP contribution in [-0.4, -0.2) is 46.0 Å². The Morgan fingerprint density at radius 1 is 0.970 bits per heavy atom. The van der Waals surface area contributed by atoms with Crippen molar-refractivity contribution in [2.75, 3.05) is 36.4 Å². The van der Waals surface area contributed by atoms with E-state index in [1.165, 1.54) is 17.5 Å². The van der Waals surface area contributed by atoms with Crippen LogP contribution >= 0.6 is 0 Å². The molecule has 2 aromatic carbocycles. The van der Waals surface area contributed by atoms with E-state index in [1.807, 2.05) is 35.2 Å². The number of piperazine rings is 1. The molecule has 4 rings (SSSR count). The number of nitro groups is 1. The molecule has 1 aliphatic rings. The first-order valence-corrected chi connectivity index (χ1v) is 11.5. The van der Waals surface area contributed by atoms with Crippen molar-refractivity contribution in [3.63, 3.8) is 0 Å². The van der Waals surface area contributed by atoms with E-state index in [4.69, 9.17) is 0 Å². The average Bonchev–Trinajstić information content (AvgIpc) is 2.84. The highest BCUT2D eigenvalue weighted by molar-refractivity contribution is 5.74. The van der Waals surface area contributed by atoms with Crippen LogP contribution in [-0.2, 0) is 13.0 Å². The summed E-state index contributed by atoms with van der Waals surface area (Å²) in [6.45, 7) is 6.04. The maximum absolute atomic E-state index is 12.0. The molecule has 8 heteroatoms. The van der Waals surface area contributed by atoms with Gasteiger partial charge in [-0.25, -0.2) is 9.97 Å². The molecular formula is C25H30N6O2. The summed E-state index contributed by atoms with van der Waals surface area (Å²) in [4.78, 5) is 24.5. The second kappa shape index (κ2) is 10.9. The summed E-state index contributed by atoms with van der Waals surface area (Å²) in [6, 6.07) is 18.3. The number of nitrogens with one attached hydrogen (secondary N) is 1. The molecule has 0 bridgehead atoms. The number of benzene rings is 2. The van der Waals surface area contributed by atoms with Gasteiger partial charge in [0, 0.05) is 38.4 Å². The summed E-state index contributed by atoms with van der Waals surface area (Å²) in [5.41, 5.74) is 3.22. The lowest BCUT2D eigenvalue weighted by molar-refractivity contribution is -0.383. The first kappa shape index (κ1) is 22.7. The van der Waals surface area contributed by atoms with E-state index in [-0.39, 0.29) is 16.4 Å². The molecule has 33 heavy (non-hydrogen) atoms. The van der Waals surface area contributed by atoms with E-state index in [1.54, 1.807) is 0 Å². The van der Waals surface area contributed by atoms with Crippen LogP contribution in [0.15, 0.2) is 60.9 Å². The Bertz CT molecular complexity index is 1050. The molecule has 0 unspecified atom stereocenters. The molecule has 8 nitrogen and oxygen atoms in total. The zero-order valence-corrected chi connectivity index (χ0v) is 19.0. The zero-order valence-electron chi connectivity index (χ0n) is 19.0. The van der Waals surface area contributed by atoms with Crippen molar-refractivity contribution in [2.24, 2.45) is 0 Å². The van der Waals surface area contributed by atoms with Crippen LogP contribution in [0.1, 0.15) is 30.9 Å². The lowest BCUT2D eigenvalue weighted by Gasteiger charge is -2.35. The zero-order chi connectivity index (χ0) is 23.0. The number of aromatic nitrogens is 2. The molecular weight excluding hydrogens is 416 g/mol. The van der Waals surface area contributed by atoms with Crippen LogP contribution in [0.25, 0.3) is 0 Å². The Balaban J connectivity index is 1.46. The van der Waals surface area contributed by atoms with E-state index in [9.17, 15) is 10.1 Å². The van der Waals surface area contributed by atoms with Gasteiger partial charge in [0.2, 0.25) is 11.6 Å². The van der Waals surface area contributed by atoms with Gasteiger partial charge in [-0.3, -0.25) is 15.0 Å². The lowest BCUT2D eigenvalue weighted by atomic mass is 10.1. The fourth-order valence-corrected chi connectivity index (χ4v) is 4.09. The molecule has 0 radical (unpaired) electrons. The van der Waals surface area contributed by atoms with Gasteiger partial charge in [-0.1, -0.05) is 55.8 Å². The topological polar surface area (TPSA) is 87.4 Å². The molecule has 2 heterocycles. The molecule has 0 atom stereocenters. The molecule has 0 amide bonds. The van der Waals surface area contributed by atoms with Crippen molar-refractivity contribution in [1.29, 1.82) is 0 Å². The standard InChI is InChI=1S/C25H30N6O2/c1-2-3-7-20-10-12-22(13-11-20)28-24-23(31(32)33)25(27-19-26-24)30-16-14-29(15-17-30)18-21-8-5-4-6-9-21/h4-6,8-13,19H,2-3,7,14-18H2,1H3,(H,26,27,28). The Kier molecular flexibility index (Phi) is 7.47. The molecule has 1 aliphatic heterocycles. The first-order valence-electron chi connectivity index (χ1n) is 11.5. The first-order chi connectivity index (χ1) is 16.1. The van der Waals surface area contributed by atoms with Gasteiger partial charge in [-0.15, -0.1) is 0 Å². The third-order valence-corrected chi connectivity index (χ3v) is 5.94. The quantitative estimate of drug-likeness (QED) is 0.373. The summed E-state index contributed by atoms with van der Waals surface area (Å²) >= 11 is 0. The van der Waals surface area contributed by atoms with Crippen LogP contribution in [0.3, 0.4) is 0 Å². The fraction of sp³-hybridized carbons (Fsp3) is 0.360. The maximum atomic E-state index is 12.0. The highest BCUT2D eigenvalue weighted by Crippen LogP contribution is 2.34. The van der Waals surface area contributed by atoms with E-state index in [2.05, 4.69) is 51.4 Å². The van der Waals surface area contributed by atoms with Crippen molar-refractivity contribution in [3.8, 4) is 0 Å². The minimum atomic E-state index is -0.385. The molecule has 1 fully saturated rings. The molecule has 1 aromatic heterocycles. The van der Waals surface area contributed by atoms with Gasteiger partial charge in [-0.05, 0) is 36.1 Å². The van der Waals surface area contributed by atoms with Crippen LogP contribution in [0.5, 0.6) is 0 Å². The summed E-state index contributed by atoms with van der Waals surface area (Å²) in [5, 5.41) is 15.1. The van der Waals surface area contributed by atoms with Crippen LogP contribution < -0.4 is 10.2 Å². The molecule has 0 aliphatic carbocycles. The number of hydrogen-bond acceptors (Lipinski definition) is 7. The summed E-state index contributed by atoms with van der Waals surface area (Å²) in [6.07, 6.45) is 4.73. The van der Waals surface area contributed by atoms with E-state index >= 15 is 0 Å². The summed E-state index contributed by atoms with van der Waals surface area (Å²) < 4.78 is 0. The fourth-order valence-electron chi connectivity index (χ4n) is 4.09. The third kappa shape index (κ3) is 5.84. The number of aryl methyl sites for hydroxylation is 1. The third-order valence-electron chi connectivity index (χ3n) is 5.94. The summed E-state index contributed by atoms with van der Waals surface area (Å²) in [5.74, 6) is 0.592. The summed E-state index contributed by atoms with van der Waals surface area (Å²) in [7, 11) is 0. The van der Waals surface area contributed by atoms with Crippen molar-refractivity contribution in [2.45, 2.75) is 32.7 Å². The van der Waals surface area contributed by atoms with Crippen molar-refractivity contribution in [1.82, 2.24) is 14.9 Å². The van der Waals surface area contributed by atoms with Crippen molar-refractivity contribution >= 4 is 23.0 Å². The van der Waals surface area contributed by atoms with Crippen molar-refractivity contribution in [3.05, 3.63) is 82.2 Å². The monoisotopic (exact) mass is 446 g/mol. The molecule has 3 aromatic rings. The minimum absolute atomic E-state index is 0.0796. The van der Waals surface area contributed by atoms with Crippen LogP contribution in [0.2, 0.25) is 0 Å². The highest BCUT2D eigenvalue weighted by Gasteiger charge is 2.29. The molecule has 1 N–H and O–H groups in total. The Labute approximate surface area is 194 Å². The van der Waals surface area contributed by atoms with E-state index < -0.39 is 0 Å². The second-order valence-electron chi connectivity index (χ2n) is 8.33. The van der Waals surface area contributed by atoms with E-state index in [0.717, 1.165) is 44.6 Å². The van der Waals surface area contributed by atoms with E-state index in [0.29, 0.717) is 18.9 Å². The Morgan fingerprint density at radius 3 is 2.36 bits per heavy atom. The number of hydrogen-bond donors (Lipinski definition) is 1. The Morgan fingerprint density at radius 2 is 1.70 bits per heavy atom. The minimum Gasteiger partial charge on any atom is -0.348 e. The van der Waals surface area contributed by atoms with Gasteiger partial charge < -0.3 is 10.2 Å². The number of nitrogens with zero attached hydrogens (tertiary/aromatic N) is 5. The molecule has 1 saturated heterocycles. The van der Waals surface area contributed by atoms with Gasteiger partial charge in [0.25, 0.3) is 0 Å². The van der Waals surface area contributed by atoms with Gasteiger partial charge in [0.1, 0.15) is 6.33 Å². The van der Waals surface area contributed by atoms with Gasteiger partial charge in [-0.2, -0.15) is 0 Å². The van der Waals surface area contributed by atoms with Gasteiger partial charge in [0.05, 0.1) is 4.92 Å². The SMILES string of the molecule is CCCCc1ccc(Nc2ncnc(N3CCN(Cc4ccccc4)CC3)c2[N+](=O)[O-])cc1. The number of unbranched alkanes of at least 4 members (excludes halogenated alkanes) is 1. The molecule has 0 saturated carbocycles. The van der Waals surface area contributed by atoms with Crippen molar-refractivity contribution < 1.29 is 4.92 Å². The van der Waals surface area contributed by atoms with Crippen LogP contribution in [0.4, 0.5) is 23.0 Å². The predicted octanol–water partition coefficient (Wildman–Crippen LogP) is 4.79. The van der Waals surface area contributed by atoms with Gasteiger partial charge in [0.15, 0.2) is 0 Å². The number of rotatable bonds is 9. The Hall–Kier alpha value is -3.52. The van der Waals surface area contributed by atoms with Crippen LogP contribution in [0, 0.1) is 10.1 Å². The normalized spacial score (nSPS) is 14.3. The smallest absolute Gasteiger partial charge is 0.348 e. The lowest BCUT2D eigenvalue weighted by Crippen LogP contribution is -2.46. The molecule has 0 spiro atoms. The number of anilines is 3. The highest BCUT2D eigenvalue weighted by atomic mass is 16.6. The maximum Gasteiger partial charge on any atom is 0.353 e.